The van der Waals surface area contributed by atoms with Gasteiger partial charge in [-0.1, -0.05) is 50.6 Å². The SMILES string of the molecule is CC(=O)[C@@H](CC(=O)[C@@H](CC(C)C)NC(=O)[C@H](CCC(N)=O)CC(=O)[C@H](CCCC(=O)O)NC(=O)[C@H](CCCCNC(N)=O)CC(=O)Cc1ccc(NC(=O)Nc2ccccc2C)cc1)C(C)O. The van der Waals surface area contributed by atoms with Crippen LogP contribution >= 0.6 is 0 Å². The van der Waals surface area contributed by atoms with E-state index >= 15 is 0 Å². The van der Waals surface area contributed by atoms with Crippen LogP contribution < -0.4 is 38.1 Å². The second kappa shape index (κ2) is 29.2. The number of ketones is 4. The topological polar surface area (TPSA) is 323 Å². The van der Waals surface area contributed by atoms with E-state index < -0.39 is 95.5 Å². The molecular weight excluding hydrogens is 867 g/mol. The number of anilines is 2. The number of rotatable bonds is 32. The molecule has 0 aliphatic rings. The third-order valence-corrected chi connectivity index (χ3v) is 11.2. The van der Waals surface area contributed by atoms with Crippen LogP contribution in [0.1, 0.15) is 116 Å². The molecule has 67 heavy (non-hydrogen) atoms. The number of unbranched alkanes of at least 4 members (excludes halogenated alkanes) is 1. The number of carboxylic acid groups (broad SMARTS) is 1. The van der Waals surface area contributed by atoms with Crippen molar-refractivity contribution in [3.8, 4) is 0 Å². The van der Waals surface area contributed by atoms with Crippen molar-refractivity contribution in [3.05, 3.63) is 59.7 Å². The van der Waals surface area contributed by atoms with Gasteiger partial charge in [0.2, 0.25) is 17.7 Å². The van der Waals surface area contributed by atoms with Gasteiger partial charge in [0.1, 0.15) is 11.6 Å². The molecule has 0 aliphatic heterocycles. The second-order valence-electron chi connectivity index (χ2n) is 17.5. The number of nitrogens with two attached hydrogens (primary N) is 2. The Bertz CT molecular complexity index is 2040. The predicted molar refractivity (Wildman–Crippen MR) is 250 cm³/mol. The third kappa shape index (κ3) is 22.5. The quantitative estimate of drug-likeness (QED) is 0.0465. The van der Waals surface area contributed by atoms with Gasteiger partial charge in [-0.15, -0.1) is 0 Å². The van der Waals surface area contributed by atoms with Crippen molar-refractivity contribution in [2.45, 2.75) is 136 Å². The molecule has 2 rings (SSSR count). The number of Topliss-reactive ketones (excluding diaryl/α,β-unsaturated/α-hetero) is 4. The number of aliphatic hydroxyl groups excluding tert-OH is 1. The lowest BCUT2D eigenvalue weighted by molar-refractivity contribution is -0.137. The molecule has 0 aliphatic carbocycles. The van der Waals surface area contributed by atoms with Gasteiger partial charge in [0, 0.05) is 74.2 Å². The van der Waals surface area contributed by atoms with E-state index in [9.17, 15) is 58.2 Å². The van der Waals surface area contributed by atoms with Crippen molar-refractivity contribution in [2.24, 2.45) is 35.1 Å². The summed E-state index contributed by atoms with van der Waals surface area (Å²) >= 11 is 0. The van der Waals surface area contributed by atoms with E-state index in [1.807, 2.05) is 32.9 Å². The average Bonchev–Trinajstić information content (AvgIpc) is 3.23. The number of benzene rings is 2. The number of carbonyl (C=O) groups is 10. The minimum Gasteiger partial charge on any atom is -0.481 e. The summed E-state index contributed by atoms with van der Waals surface area (Å²) in [5.74, 6) is -8.58. The minimum atomic E-state index is -1.32. The molecule has 7 amide bonds. The summed E-state index contributed by atoms with van der Waals surface area (Å²) in [6.45, 7) is 8.32. The highest BCUT2D eigenvalue weighted by Gasteiger charge is 2.34. The lowest BCUT2D eigenvalue weighted by atomic mass is 9.87. The van der Waals surface area contributed by atoms with Crippen LogP contribution in [-0.4, -0.2) is 93.8 Å². The fraction of sp³-hybridized carbons (Fsp3) is 0.542. The summed E-state index contributed by atoms with van der Waals surface area (Å²) in [5, 5.41) is 32.9. The molecule has 2 aromatic rings. The van der Waals surface area contributed by atoms with Crippen molar-refractivity contribution >= 4 is 70.3 Å². The number of nitrogens with one attached hydrogen (secondary N) is 5. The van der Waals surface area contributed by atoms with E-state index in [4.69, 9.17) is 11.5 Å². The molecule has 0 saturated heterocycles. The van der Waals surface area contributed by atoms with Crippen LogP contribution in [0.5, 0.6) is 0 Å². The number of carbonyl (C=O) groups excluding carboxylic acids is 9. The Morgan fingerprint density at radius 2 is 1.30 bits per heavy atom. The van der Waals surface area contributed by atoms with Gasteiger partial charge in [0.05, 0.1) is 18.2 Å². The molecule has 2 aromatic carbocycles. The molecule has 19 nitrogen and oxygen atoms in total. The first kappa shape index (κ1) is 56.6. The van der Waals surface area contributed by atoms with Crippen LogP contribution in [0.15, 0.2) is 48.5 Å². The van der Waals surface area contributed by atoms with Crippen molar-refractivity contribution in [3.63, 3.8) is 0 Å². The van der Waals surface area contributed by atoms with Crippen LogP contribution in [0.4, 0.5) is 21.0 Å². The number of aliphatic hydroxyl groups is 1. The van der Waals surface area contributed by atoms with E-state index in [2.05, 4.69) is 26.6 Å². The summed E-state index contributed by atoms with van der Waals surface area (Å²) < 4.78 is 0. The summed E-state index contributed by atoms with van der Waals surface area (Å²) in [6.07, 6.45) is -2.31. The number of urea groups is 2. The summed E-state index contributed by atoms with van der Waals surface area (Å²) in [6, 6.07) is 10.2. The second-order valence-corrected chi connectivity index (χ2v) is 17.5. The van der Waals surface area contributed by atoms with Crippen molar-refractivity contribution < 1.29 is 58.2 Å². The molecule has 0 radical (unpaired) electrons. The van der Waals surface area contributed by atoms with Crippen LogP contribution in [0.3, 0.4) is 0 Å². The van der Waals surface area contributed by atoms with E-state index in [0.717, 1.165) is 5.56 Å². The van der Waals surface area contributed by atoms with E-state index in [0.29, 0.717) is 29.8 Å². The Morgan fingerprint density at radius 3 is 1.87 bits per heavy atom. The fourth-order valence-corrected chi connectivity index (χ4v) is 7.46. The molecule has 0 heterocycles. The number of aryl methyl sites for hydroxylation is 1. The molecule has 0 bridgehead atoms. The highest BCUT2D eigenvalue weighted by atomic mass is 16.4. The van der Waals surface area contributed by atoms with Gasteiger partial charge in [0.15, 0.2) is 11.6 Å². The first-order chi connectivity index (χ1) is 31.6. The van der Waals surface area contributed by atoms with Gasteiger partial charge in [-0.05, 0) is 94.5 Å². The Kier molecular flexibility index (Phi) is 24.7. The molecule has 368 valence electrons. The summed E-state index contributed by atoms with van der Waals surface area (Å²) in [4.78, 5) is 128. The lowest BCUT2D eigenvalue weighted by Gasteiger charge is -2.26. The minimum absolute atomic E-state index is 0.0451. The normalized spacial score (nSPS) is 13.7. The monoisotopic (exact) mass is 936 g/mol. The van der Waals surface area contributed by atoms with Gasteiger partial charge in [-0.25, -0.2) is 9.59 Å². The van der Waals surface area contributed by atoms with Crippen LogP contribution in [0, 0.1) is 30.6 Å². The molecule has 0 fully saturated rings. The van der Waals surface area contributed by atoms with Crippen molar-refractivity contribution in [1.29, 1.82) is 0 Å². The molecule has 1 unspecified atom stereocenters. The molecular formula is C48H69N7O12. The largest absolute Gasteiger partial charge is 0.481 e. The zero-order chi connectivity index (χ0) is 50.2. The Hall–Kier alpha value is -6.50. The van der Waals surface area contributed by atoms with Crippen molar-refractivity contribution in [2.75, 3.05) is 17.2 Å². The van der Waals surface area contributed by atoms with Crippen LogP contribution in [0.25, 0.3) is 0 Å². The first-order valence-electron chi connectivity index (χ1n) is 22.7. The smallest absolute Gasteiger partial charge is 0.323 e. The Balaban J connectivity index is 2.32. The fourth-order valence-electron chi connectivity index (χ4n) is 7.46. The van der Waals surface area contributed by atoms with Gasteiger partial charge in [-0.2, -0.15) is 0 Å². The number of hydrogen-bond acceptors (Lipinski definition) is 11. The Morgan fingerprint density at radius 1 is 0.687 bits per heavy atom. The zero-order valence-electron chi connectivity index (χ0n) is 39.2. The third-order valence-electron chi connectivity index (χ3n) is 11.2. The van der Waals surface area contributed by atoms with Gasteiger partial charge >= 0.3 is 18.0 Å². The molecule has 19 heteroatoms. The number of aliphatic carboxylic acids is 1. The van der Waals surface area contributed by atoms with E-state index in [-0.39, 0.29) is 82.5 Å². The maximum Gasteiger partial charge on any atom is 0.323 e. The van der Waals surface area contributed by atoms with Crippen molar-refractivity contribution in [1.82, 2.24) is 16.0 Å². The summed E-state index contributed by atoms with van der Waals surface area (Å²) in [7, 11) is 0. The van der Waals surface area contributed by atoms with Crippen LogP contribution in [-0.2, 0) is 44.8 Å². The number of amides is 7. The maximum absolute atomic E-state index is 14.1. The zero-order valence-corrected chi connectivity index (χ0v) is 39.2. The average molecular weight is 936 g/mol. The van der Waals surface area contributed by atoms with Gasteiger partial charge in [-0.3, -0.25) is 38.4 Å². The maximum atomic E-state index is 14.1. The Labute approximate surface area is 391 Å². The van der Waals surface area contributed by atoms with Gasteiger partial charge < -0.3 is 48.3 Å². The molecule has 0 spiro atoms. The number of primary amides is 2. The molecule has 0 aromatic heterocycles. The molecule has 11 N–H and O–H groups in total. The molecule has 6 atom stereocenters. The van der Waals surface area contributed by atoms with Gasteiger partial charge in [0.25, 0.3) is 0 Å². The highest BCUT2D eigenvalue weighted by Crippen LogP contribution is 2.22. The summed E-state index contributed by atoms with van der Waals surface area (Å²) in [5.41, 5.74) is 13.2. The number of carboxylic acids is 1. The molecule has 0 saturated carbocycles. The highest BCUT2D eigenvalue weighted by molar-refractivity contribution is 6.00. The number of para-hydroxylation sites is 1. The standard InChI is InChI=1S/C48H69N7O12/c1-28(2)23-40(42(60)27-37(30(4)56)31(5)57)54-46(65)34(18-21-43(49)61)26-41(59)39(14-10-15-44(62)63)53-45(64)33(12-8-9-22-51-47(50)66)25-36(58)24-32-16-19-35(20-17-32)52-48(67)55-38-13-7-6-11-29(38)3/h6-7,11,13,16-17,19-20,28,30,33-34,37,39-40,56H,8-10,12,14-15,18,21-27H2,1-5H3,(H2,49,61)(H,53,64)(H,54,65)(H,62,63)(H3,50,51,66)(H2,52,55,67)/t30?,33-,34-,37+,39+,40-/m1/s1. The lowest BCUT2D eigenvalue weighted by Crippen LogP contribution is -2.48. The van der Waals surface area contributed by atoms with E-state index in [1.165, 1.54) is 13.8 Å². The van der Waals surface area contributed by atoms with E-state index in [1.54, 1.807) is 36.4 Å². The van der Waals surface area contributed by atoms with Crippen LogP contribution in [0.2, 0.25) is 0 Å². The predicted octanol–water partition coefficient (Wildman–Crippen LogP) is 4.25. The number of hydrogen-bond donors (Lipinski definition) is 9. The first-order valence-corrected chi connectivity index (χ1v) is 22.7.